The fourth-order valence-corrected chi connectivity index (χ4v) is 6.39. The topological polar surface area (TPSA) is 63.6 Å². The molecular formula is C29H46N2O5. The summed E-state index contributed by atoms with van der Waals surface area (Å²) in [5.41, 5.74) is 3.46. The van der Waals surface area contributed by atoms with Gasteiger partial charge in [0.1, 0.15) is 5.75 Å². The van der Waals surface area contributed by atoms with Gasteiger partial charge in [0, 0.05) is 49.9 Å². The largest absolute Gasteiger partial charge is 0.507 e. The maximum absolute atomic E-state index is 11.2. The molecule has 7 heteroatoms. The standard InChI is InChI=1S/C29H46N2O5/c1-3-4-16-30(2)21-25-19-24(20-26(27(25)32)22-31-17-8-9-18-31)23-10-14-29(15-11-23)35-33-28(34-36-29)12-6-5-7-13-28/h19-20,23,32H,3-18,21-22H2,1-2H3. The van der Waals surface area contributed by atoms with Gasteiger partial charge < -0.3 is 10.0 Å². The SMILES string of the molecule is CCCCN(C)Cc1cc(C2CCC3(CC2)OOC2(CCCCC2)OO3)cc(CN2CCCC2)c1O. The molecule has 2 heterocycles. The number of phenols is 1. The second kappa shape index (κ2) is 11.7. The number of phenolic OH excluding ortho intramolecular Hbond substituents is 1. The van der Waals surface area contributed by atoms with E-state index in [0.29, 0.717) is 11.7 Å². The first-order valence-electron chi connectivity index (χ1n) is 14.5. The van der Waals surface area contributed by atoms with Crippen LogP contribution in [0.1, 0.15) is 113 Å². The van der Waals surface area contributed by atoms with E-state index in [4.69, 9.17) is 19.6 Å². The van der Waals surface area contributed by atoms with Crippen molar-refractivity contribution in [3.8, 4) is 5.75 Å². The predicted octanol–water partition coefficient (Wildman–Crippen LogP) is 6.14. The molecule has 1 aromatic carbocycles. The Balaban J connectivity index is 1.27. The first-order chi connectivity index (χ1) is 17.5. The summed E-state index contributed by atoms with van der Waals surface area (Å²) in [6.07, 6.45) is 13.3. The fraction of sp³-hybridized carbons (Fsp3) is 0.793. The molecule has 36 heavy (non-hydrogen) atoms. The van der Waals surface area contributed by atoms with E-state index in [1.165, 1.54) is 37.7 Å². The second-order valence-corrected chi connectivity index (χ2v) is 11.8. The fourth-order valence-electron chi connectivity index (χ4n) is 6.39. The minimum atomic E-state index is -0.794. The molecular weight excluding hydrogens is 456 g/mol. The van der Waals surface area contributed by atoms with E-state index >= 15 is 0 Å². The predicted molar refractivity (Wildman–Crippen MR) is 138 cm³/mol. The van der Waals surface area contributed by atoms with E-state index in [0.717, 1.165) is 95.2 Å². The molecule has 0 aromatic heterocycles. The van der Waals surface area contributed by atoms with Crippen molar-refractivity contribution < 1.29 is 24.7 Å². The van der Waals surface area contributed by atoms with Crippen LogP contribution >= 0.6 is 0 Å². The molecule has 4 aliphatic rings. The van der Waals surface area contributed by atoms with Gasteiger partial charge in [-0.25, -0.2) is 0 Å². The minimum absolute atomic E-state index is 0.408. The molecule has 202 valence electrons. The lowest BCUT2D eigenvalue weighted by molar-refractivity contribution is -0.662. The van der Waals surface area contributed by atoms with Crippen molar-refractivity contribution in [1.29, 1.82) is 0 Å². The van der Waals surface area contributed by atoms with Crippen LogP contribution in [0.25, 0.3) is 0 Å². The molecule has 2 spiro atoms. The van der Waals surface area contributed by atoms with Crippen LogP contribution in [0.4, 0.5) is 0 Å². The van der Waals surface area contributed by atoms with Crippen LogP contribution in [-0.4, -0.2) is 53.2 Å². The number of hydrogen-bond donors (Lipinski definition) is 1. The van der Waals surface area contributed by atoms with Gasteiger partial charge in [-0.1, -0.05) is 31.9 Å². The summed E-state index contributed by atoms with van der Waals surface area (Å²) >= 11 is 0. The Morgan fingerprint density at radius 3 is 2.14 bits per heavy atom. The Labute approximate surface area is 216 Å². The maximum Gasteiger partial charge on any atom is 0.234 e. The quantitative estimate of drug-likeness (QED) is 0.428. The van der Waals surface area contributed by atoms with Crippen LogP contribution in [0, 0.1) is 0 Å². The first kappa shape index (κ1) is 26.4. The van der Waals surface area contributed by atoms with Gasteiger partial charge in [0.15, 0.2) is 0 Å². The molecule has 1 aromatic rings. The van der Waals surface area contributed by atoms with Crippen molar-refractivity contribution >= 4 is 0 Å². The summed E-state index contributed by atoms with van der Waals surface area (Å²) in [5.74, 6) is -0.608. The van der Waals surface area contributed by atoms with E-state index in [-0.39, 0.29) is 0 Å². The van der Waals surface area contributed by atoms with E-state index in [1.54, 1.807) is 0 Å². The number of aromatic hydroxyl groups is 1. The third kappa shape index (κ3) is 6.08. The highest BCUT2D eigenvalue weighted by Crippen LogP contribution is 2.47. The van der Waals surface area contributed by atoms with Gasteiger partial charge in [-0.15, -0.1) is 0 Å². The first-order valence-corrected chi connectivity index (χ1v) is 14.5. The summed E-state index contributed by atoms with van der Waals surface area (Å²) in [6.45, 7) is 7.12. The van der Waals surface area contributed by atoms with Crippen molar-refractivity contribution in [3.05, 3.63) is 28.8 Å². The van der Waals surface area contributed by atoms with Crippen LogP contribution in [-0.2, 0) is 32.6 Å². The summed E-state index contributed by atoms with van der Waals surface area (Å²) in [6, 6.07) is 4.51. The number of nitrogens with zero attached hydrogens (tertiary/aromatic N) is 2. The van der Waals surface area contributed by atoms with Crippen LogP contribution in [0.5, 0.6) is 5.75 Å². The molecule has 4 fully saturated rings. The third-order valence-corrected chi connectivity index (χ3v) is 8.74. The summed E-state index contributed by atoms with van der Waals surface area (Å²) in [7, 11) is 2.16. The highest BCUT2D eigenvalue weighted by atomic mass is 17.4. The molecule has 0 atom stereocenters. The molecule has 1 N–H and O–H groups in total. The number of unbranched alkanes of at least 4 members (excludes halogenated alkanes) is 1. The van der Waals surface area contributed by atoms with Crippen LogP contribution < -0.4 is 0 Å². The summed E-state index contributed by atoms with van der Waals surface area (Å²) < 4.78 is 0. The highest BCUT2D eigenvalue weighted by molar-refractivity contribution is 5.45. The van der Waals surface area contributed by atoms with Gasteiger partial charge in [0.05, 0.1) is 0 Å². The number of likely N-dealkylation sites (tertiary alicyclic amines) is 1. The number of rotatable bonds is 8. The van der Waals surface area contributed by atoms with Crippen molar-refractivity contribution in [2.45, 2.75) is 121 Å². The zero-order valence-electron chi connectivity index (χ0n) is 22.4. The normalized spacial score (nSPS) is 24.8. The lowest BCUT2D eigenvalue weighted by Crippen LogP contribution is -2.52. The smallest absolute Gasteiger partial charge is 0.234 e. The number of benzene rings is 1. The van der Waals surface area contributed by atoms with E-state index < -0.39 is 11.6 Å². The van der Waals surface area contributed by atoms with Gasteiger partial charge in [-0.3, -0.25) is 4.90 Å². The van der Waals surface area contributed by atoms with Gasteiger partial charge in [-0.05, 0) is 83.1 Å². The molecule has 2 aliphatic heterocycles. The van der Waals surface area contributed by atoms with Crippen LogP contribution in [0.3, 0.4) is 0 Å². The van der Waals surface area contributed by atoms with Crippen molar-refractivity contribution in [2.24, 2.45) is 0 Å². The minimum Gasteiger partial charge on any atom is -0.507 e. The monoisotopic (exact) mass is 502 g/mol. The van der Waals surface area contributed by atoms with Crippen molar-refractivity contribution in [3.63, 3.8) is 0 Å². The molecule has 0 bridgehead atoms. The second-order valence-electron chi connectivity index (χ2n) is 11.8. The Morgan fingerprint density at radius 2 is 1.50 bits per heavy atom. The molecule has 0 radical (unpaired) electrons. The zero-order valence-corrected chi connectivity index (χ0v) is 22.4. The molecule has 2 aliphatic carbocycles. The molecule has 7 nitrogen and oxygen atoms in total. The third-order valence-electron chi connectivity index (χ3n) is 8.74. The van der Waals surface area contributed by atoms with Gasteiger partial charge in [0.25, 0.3) is 0 Å². The van der Waals surface area contributed by atoms with E-state index in [9.17, 15) is 5.11 Å². The van der Waals surface area contributed by atoms with Gasteiger partial charge >= 0.3 is 0 Å². The van der Waals surface area contributed by atoms with Gasteiger partial charge in [-0.2, -0.15) is 19.6 Å². The average Bonchev–Trinajstić information content (AvgIpc) is 3.41. The zero-order chi connectivity index (χ0) is 25.0. The maximum atomic E-state index is 11.2. The van der Waals surface area contributed by atoms with Crippen LogP contribution in [0.2, 0.25) is 0 Å². The summed E-state index contributed by atoms with van der Waals surface area (Å²) in [4.78, 5) is 28.4. The Kier molecular flexibility index (Phi) is 8.55. The Morgan fingerprint density at radius 1 is 0.889 bits per heavy atom. The molecule has 0 amide bonds. The molecule has 2 saturated heterocycles. The highest BCUT2D eigenvalue weighted by Gasteiger charge is 2.50. The summed E-state index contributed by atoms with van der Waals surface area (Å²) in [5, 5.41) is 11.2. The lowest BCUT2D eigenvalue weighted by Gasteiger charge is -2.46. The van der Waals surface area contributed by atoms with E-state index in [1.807, 2.05) is 0 Å². The average molecular weight is 503 g/mol. The molecule has 2 saturated carbocycles. The Bertz CT molecular complexity index is 845. The lowest BCUT2D eigenvalue weighted by atomic mass is 9.80. The van der Waals surface area contributed by atoms with Crippen molar-refractivity contribution in [1.82, 2.24) is 9.80 Å². The molecule has 5 rings (SSSR count). The van der Waals surface area contributed by atoms with Crippen LogP contribution in [0.15, 0.2) is 12.1 Å². The van der Waals surface area contributed by atoms with Crippen molar-refractivity contribution in [2.75, 3.05) is 26.7 Å². The molecule has 0 unspecified atom stereocenters. The van der Waals surface area contributed by atoms with E-state index in [2.05, 4.69) is 35.9 Å². The number of hydrogen-bond acceptors (Lipinski definition) is 7. The van der Waals surface area contributed by atoms with Gasteiger partial charge in [0.2, 0.25) is 11.6 Å². The Hall–Kier alpha value is -1.22.